The second-order valence-electron chi connectivity index (χ2n) is 4.37. The molecule has 0 rings (SSSR count). The highest BCUT2D eigenvalue weighted by atomic mass is 16.6. The monoisotopic (exact) mass is 229 g/mol. The molecule has 0 fully saturated rings. The number of ether oxygens (including phenoxy) is 2. The smallest absolute Gasteiger partial charge is 0.407 e. The summed E-state index contributed by atoms with van der Waals surface area (Å²) in [7, 11) is 1.30. The molecule has 92 valence electrons. The summed E-state index contributed by atoms with van der Waals surface area (Å²) < 4.78 is 9.47. The Hall–Kier alpha value is -1.52. The zero-order chi connectivity index (χ0) is 12.8. The van der Waals surface area contributed by atoms with E-state index >= 15 is 0 Å². The van der Waals surface area contributed by atoms with Crippen molar-refractivity contribution in [2.45, 2.75) is 33.3 Å². The van der Waals surface area contributed by atoms with Gasteiger partial charge in [0.1, 0.15) is 5.60 Å². The molecule has 0 atom stereocenters. The number of hydrogen-bond donors (Lipinski definition) is 1. The third kappa shape index (κ3) is 7.84. The van der Waals surface area contributed by atoms with E-state index in [0.717, 1.165) is 0 Å². The molecule has 0 aromatic rings. The molecule has 1 N–H and O–H groups in total. The van der Waals surface area contributed by atoms with Crippen LogP contribution in [0.4, 0.5) is 4.79 Å². The molecule has 0 unspecified atom stereocenters. The van der Waals surface area contributed by atoms with E-state index in [1.165, 1.54) is 13.2 Å². The predicted octanol–water partition coefficient (Wildman–Crippen LogP) is 1.63. The van der Waals surface area contributed by atoms with Crippen LogP contribution in [0.3, 0.4) is 0 Å². The first-order chi connectivity index (χ1) is 7.24. The van der Waals surface area contributed by atoms with E-state index < -0.39 is 17.7 Å². The van der Waals surface area contributed by atoms with Gasteiger partial charge < -0.3 is 14.8 Å². The molecule has 0 saturated carbocycles. The summed E-state index contributed by atoms with van der Waals surface area (Å²) in [5.41, 5.74) is 0.169. The maximum atomic E-state index is 11.2. The van der Waals surface area contributed by atoms with Gasteiger partial charge in [0.2, 0.25) is 0 Å². The fourth-order valence-corrected chi connectivity index (χ4v) is 0.837. The third-order valence-electron chi connectivity index (χ3n) is 1.48. The lowest BCUT2D eigenvalue weighted by Gasteiger charge is -2.19. The van der Waals surface area contributed by atoms with Crippen molar-refractivity contribution in [3.63, 3.8) is 0 Å². The maximum absolute atomic E-state index is 11.2. The summed E-state index contributed by atoms with van der Waals surface area (Å²) in [6.45, 7) is 7.31. The number of carbonyl (C=O) groups is 2. The Balaban J connectivity index is 4.02. The molecule has 0 aliphatic rings. The van der Waals surface area contributed by atoms with Gasteiger partial charge in [-0.15, -0.1) is 0 Å². The molecule has 16 heavy (non-hydrogen) atoms. The van der Waals surface area contributed by atoms with Gasteiger partial charge in [-0.1, -0.05) is 0 Å². The van der Waals surface area contributed by atoms with Crippen LogP contribution in [0.2, 0.25) is 0 Å². The number of esters is 1. The van der Waals surface area contributed by atoms with E-state index in [1.807, 2.05) is 0 Å². The number of alkyl carbamates (subject to hydrolysis) is 1. The number of rotatable bonds is 3. The van der Waals surface area contributed by atoms with Crippen molar-refractivity contribution in [2.75, 3.05) is 13.7 Å². The van der Waals surface area contributed by atoms with Crippen molar-refractivity contribution in [1.29, 1.82) is 0 Å². The summed E-state index contributed by atoms with van der Waals surface area (Å²) in [6.07, 6.45) is 0.808. The molecule has 0 radical (unpaired) electrons. The molecule has 0 aliphatic heterocycles. The van der Waals surface area contributed by atoms with Crippen molar-refractivity contribution >= 4 is 12.1 Å². The first-order valence-corrected chi connectivity index (χ1v) is 4.96. The van der Waals surface area contributed by atoms with Crippen LogP contribution >= 0.6 is 0 Å². The van der Waals surface area contributed by atoms with Crippen molar-refractivity contribution in [2.24, 2.45) is 0 Å². The van der Waals surface area contributed by atoms with Crippen LogP contribution in [0.25, 0.3) is 0 Å². The quantitative estimate of drug-likeness (QED) is 0.590. The van der Waals surface area contributed by atoms with E-state index in [0.29, 0.717) is 5.57 Å². The van der Waals surface area contributed by atoms with Gasteiger partial charge in [0.15, 0.2) is 0 Å². The van der Waals surface area contributed by atoms with E-state index in [-0.39, 0.29) is 6.54 Å². The molecule has 0 spiro atoms. The highest BCUT2D eigenvalue weighted by Gasteiger charge is 2.15. The van der Waals surface area contributed by atoms with E-state index in [4.69, 9.17) is 4.74 Å². The van der Waals surface area contributed by atoms with Gasteiger partial charge in [0.05, 0.1) is 7.11 Å². The lowest BCUT2D eigenvalue weighted by atomic mass is 10.2. The Labute approximate surface area is 95.8 Å². The molecule has 0 aliphatic carbocycles. The molecule has 0 bridgehead atoms. The summed E-state index contributed by atoms with van der Waals surface area (Å²) in [5, 5.41) is 2.53. The summed E-state index contributed by atoms with van der Waals surface area (Å²) in [6, 6.07) is 0. The Morgan fingerprint density at radius 2 is 1.88 bits per heavy atom. The number of hydrogen-bond acceptors (Lipinski definition) is 4. The van der Waals surface area contributed by atoms with Crippen LogP contribution in [-0.4, -0.2) is 31.3 Å². The van der Waals surface area contributed by atoms with Crippen molar-refractivity contribution in [3.05, 3.63) is 11.6 Å². The number of carbonyl (C=O) groups excluding carboxylic acids is 2. The first kappa shape index (κ1) is 14.5. The normalized spacial score (nSPS) is 11.9. The van der Waals surface area contributed by atoms with Gasteiger partial charge in [-0.05, 0) is 33.3 Å². The molecule has 5 heteroatoms. The Morgan fingerprint density at radius 3 is 2.31 bits per heavy atom. The fourth-order valence-electron chi connectivity index (χ4n) is 0.837. The van der Waals surface area contributed by atoms with Gasteiger partial charge >= 0.3 is 12.1 Å². The maximum Gasteiger partial charge on any atom is 0.407 e. The lowest BCUT2D eigenvalue weighted by Crippen LogP contribution is -2.33. The largest absolute Gasteiger partial charge is 0.466 e. The van der Waals surface area contributed by atoms with Gasteiger partial charge in [0, 0.05) is 12.6 Å². The molecule has 0 heterocycles. The minimum atomic E-state index is -0.524. The Kier molecular flexibility index (Phi) is 5.56. The van der Waals surface area contributed by atoms with Crippen LogP contribution in [0.5, 0.6) is 0 Å². The van der Waals surface area contributed by atoms with Crippen LogP contribution in [0, 0.1) is 0 Å². The van der Waals surface area contributed by atoms with Crippen LogP contribution < -0.4 is 5.32 Å². The predicted molar refractivity (Wildman–Crippen MR) is 60.0 cm³/mol. The van der Waals surface area contributed by atoms with E-state index in [9.17, 15) is 9.59 Å². The molecular formula is C11H19NO4. The van der Waals surface area contributed by atoms with Crippen LogP contribution in [-0.2, 0) is 14.3 Å². The van der Waals surface area contributed by atoms with Gasteiger partial charge in [-0.25, -0.2) is 9.59 Å². The summed E-state index contributed by atoms with van der Waals surface area (Å²) in [4.78, 5) is 22.1. The highest BCUT2D eigenvalue weighted by Crippen LogP contribution is 2.06. The minimum Gasteiger partial charge on any atom is -0.466 e. The third-order valence-corrected chi connectivity index (χ3v) is 1.48. The van der Waals surface area contributed by atoms with E-state index in [2.05, 4.69) is 10.1 Å². The van der Waals surface area contributed by atoms with Gasteiger partial charge in [-0.3, -0.25) is 0 Å². The Bertz CT molecular complexity index is 289. The number of nitrogens with one attached hydrogen (secondary N) is 1. The molecular weight excluding hydrogens is 210 g/mol. The average molecular weight is 229 g/mol. The first-order valence-electron chi connectivity index (χ1n) is 4.96. The summed E-state index contributed by atoms with van der Waals surface area (Å²) in [5.74, 6) is -0.441. The molecule has 0 aromatic heterocycles. The highest BCUT2D eigenvalue weighted by molar-refractivity contribution is 5.82. The fraction of sp³-hybridized carbons (Fsp3) is 0.636. The second kappa shape index (κ2) is 6.15. The number of amides is 1. The van der Waals surface area contributed by atoms with Crippen LogP contribution in [0.1, 0.15) is 27.7 Å². The molecule has 1 amide bonds. The van der Waals surface area contributed by atoms with Crippen molar-refractivity contribution in [1.82, 2.24) is 5.32 Å². The van der Waals surface area contributed by atoms with Crippen molar-refractivity contribution < 1.29 is 19.1 Å². The van der Waals surface area contributed by atoms with Crippen molar-refractivity contribution in [3.8, 4) is 0 Å². The van der Waals surface area contributed by atoms with E-state index in [1.54, 1.807) is 27.7 Å². The minimum absolute atomic E-state index is 0.254. The molecule has 5 nitrogen and oxygen atoms in total. The SMILES string of the molecule is COC(=O)/C=C(/C)CNC(=O)OC(C)(C)C. The average Bonchev–Trinajstić information content (AvgIpc) is 2.12. The molecule has 0 aromatic carbocycles. The van der Waals surface area contributed by atoms with Gasteiger partial charge in [0.25, 0.3) is 0 Å². The lowest BCUT2D eigenvalue weighted by molar-refractivity contribution is -0.134. The number of methoxy groups -OCH3 is 1. The van der Waals surface area contributed by atoms with Gasteiger partial charge in [-0.2, -0.15) is 0 Å². The Morgan fingerprint density at radius 1 is 1.31 bits per heavy atom. The van der Waals surface area contributed by atoms with Crippen LogP contribution in [0.15, 0.2) is 11.6 Å². The standard InChI is InChI=1S/C11H19NO4/c1-8(6-9(13)15-5)7-12-10(14)16-11(2,3)4/h6H,7H2,1-5H3,(H,12,14)/b8-6-. The summed E-state index contributed by atoms with van der Waals surface area (Å²) >= 11 is 0. The second-order valence-corrected chi connectivity index (χ2v) is 4.37. The zero-order valence-corrected chi connectivity index (χ0v) is 10.4. The topological polar surface area (TPSA) is 64.6 Å². The molecule has 0 saturated heterocycles. The zero-order valence-electron chi connectivity index (χ0n) is 10.4.